The third kappa shape index (κ3) is 5.32. The zero-order valence-corrected chi connectivity index (χ0v) is 25.5. The molecule has 0 bridgehead atoms. The molecule has 3 aromatic carbocycles. The average Bonchev–Trinajstić information content (AvgIpc) is 3.58. The minimum Gasteiger partial charge on any atom is -0.489 e. The molecule has 0 aliphatic carbocycles. The Morgan fingerprint density at radius 1 is 1.05 bits per heavy atom. The molecule has 5 aromatic rings. The fourth-order valence-electron chi connectivity index (χ4n) is 5.10. The fraction of sp³-hybridized carbons (Fsp3) is 0.242. The quantitative estimate of drug-likeness (QED) is 0.169. The fourth-order valence-corrected chi connectivity index (χ4v) is 5.46. The number of benzene rings is 3. The van der Waals surface area contributed by atoms with Crippen LogP contribution in [0.15, 0.2) is 81.1 Å². The highest BCUT2D eigenvalue weighted by Gasteiger charge is 2.17. The molecule has 9 heteroatoms. The molecule has 214 valence electrons. The Labute approximate surface area is 252 Å². The van der Waals surface area contributed by atoms with E-state index in [2.05, 4.69) is 52.4 Å². The number of hydrogen-bond acceptors (Lipinski definition) is 6. The van der Waals surface area contributed by atoms with E-state index in [0.717, 1.165) is 56.3 Å². The van der Waals surface area contributed by atoms with Gasteiger partial charge < -0.3 is 18.8 Å². The molecule has 0 N–H and O–H groups in total. The molecule has 1 atom stereocenters. The van der Waals surface area contributed by atoms with Crippen LogP contribution in [0.3, 0.4) is 0 Å². The number of aryl methyl sites for hydroxylation is 1. The zero-order valence-electron chi connectivity index (χ0n) is 23.9. The van der Waals surface area contributed by atoms with Gasteiger partial charge >= 0.3 is 0 Å². The molecule has 1 aliphatic rings. The van der Waals surface area contributed by atoms with Gasteiger partial charge in [0.25, 0.3) is 5.56 Å². The van der Waals surface area contributed by atoms with Crippen molar-refractivity contribution in [1.82, 2.24) is 14.2 Å². The summed E-state index contributed by atoms with van der Waals surface area (Å²) in [7, 11) is 0. The minimum absolute atomic E-state index is 0.0705. The van der Waals surface area contributed by atoms with E-state index >= 15 is 0 Å². The molecule has 42 heavy (non-hydrogen) atoms. The molecular weight excluding hydrogens is 596 g/mol. The zero-order chi connectivity index (χ0) is 29.4. The first kappa shape index (κ1) is 27.8. The van der Waals surface area contributed by atoms with Gasteiger partial charge in [0, 0.05) is 33.0 Å². The maximum atomic E-state index is 13.5. The van der Waals surface area contributed by atoms with Crippen molar-refractivity contribution in [3.63, 3.8) is 0 Å². The summed E-state index contributed by atoms with van der Waals surface area (Å²) in [6.07, 6.45) is 2.59. The summed E-state index contributed by atoms with van der Waals surface area (Å²) in [5.41, 5.74) is 5.50. The Balaban J connectivity index is 1.25. The Morgan fingerprint density at radius 2 is 1.83 bits per heavy atom. The number of halogens is 1. The number of aromatic nitrogens is 3. The predicted molar refractivity (Wildman–Crippen MR) is 168 cm³/mol. The van der Waals surface area contributed by atoms with Gasteiger partial charge in [-0.15, -0.1) is 0 Å². The van der Waals surface area contributed by atoms with Crippen molar-refractivity contribution in [1.29, 1.82) is 0 Å². The Bertz CT molecular complexity index is 1870. The molecule has 8 nitrogen and oxygen atoms in total. The van der Waals surface area contributed by atoms with Crippen LogP contribution in [0, 0.1) is 13.8 Å². The van der Waals surface area contributed by atoms with E-state index in [1.54, 1.807) is 12.3 Å². The molecule has 1 aliphatic heterocycles. The van der Waals surface area contributed by atoms with Crippen LogP contribution in [0.2, 0.25) is 0 Å². The van der Waals surface area contributed by atoms with Crippen LogP contribution in [-0.2, 0) is 6.61 Å². The lowest BCUT2D eigenvalue weighted by Gasteiger charge is -2.14. The molecule has 0 saturated heterocycles. The summed E-state index contributed by atoms with van der Waals surface area (Å²) >= 11 is 3.47. The van der Waals surface area contributed by atoms with Crippen molar-refractivity contribution in [3.8, 4) is 22.9 Å². The molecule has 2 aromatic heterocycles. The van der Waals surface area contributed by atoms with Crippen LogP contribution < -0.4 is 19.8 Å². The Morgan fingerprint density at radius 3 is 2.62 bits per heavy atom. The first-order valence-electron chi connectivity index (χ1n) is 13.9. The van der Waals surface area contributed by atoms with Crippen molar-refractivity contribution in [2.75, 3.05) is 6.79 Å². The largest absolute Gasteiger partial charge is 0.489 e. The van der Waals surface area contributed by atoms with E-state index in [4.69, 9.17) is 19.2 Å². The van der Waals surface area contributed by atoms with Gasteiger partial charge in [-0.3, -0.25) is 4.79 Å². The summed E-state index contributed by atoms with van der Waals surface area (Å²) in [4.78, 5) is 18.3. The van der Waals surface area contributed by atoms with Crippen LogP contribution >= 0.6 is 15.9 Å². The van der Waals surface area contributed by atoms with E-state index in [0.29, 0.717) is 23.3 Å². The molecule has 0 saturated carbocycles. The normalized spacial score (nSPS) is 13.3. The monoisotopic (exact) mass is 626 g/mol. The third-order valence-corrected chi connectivity index (χ3v) is 8.10. The number of rotatable bonds is 8. The molecule has 0 unspecified atom stereocenters. The van der Waals surface area contributed by atoms with Crippen molar-refractivity contribution < 1.29 is 14.2 Å². The van der Waals surface area contributed by atoms with Crippen molar-refractivity contribution >= 4 is 33.0 Å². The Hall–Kier alpha value is -4.37. The number of nitrogens with zero attached hydrogens (tertiary/aromatic N) is 4. The van der Waals surface area contributed by atoms with Gasteiger partial charge in [0.15, 0.2) is 11.5 Å². The highest BCUT2D eigenvalue weighted by atomic mass is 79.9. The molecule has 0 spiro atoms. The molecular formula is C33H31BrN4O4. The maximum absolute atomic E-state index is 13.5. The second-order valence-electron chi connectivity index (χ2n) is 10.4. The molecule has 0 radical (unpaired) electrons. The van der Waals surface area contributed by atoms with Gasteiger partial charge in [0.05, 0.1) is 17.1 Å². The lowest BCUT2D eigenvalue weighted by Crippen LogP contribution is -2.23. The highest BCUT2D eigenvalue weighted by molar-refractivity contribution is 9.10. The van der Waals surface area contributed by atoms with Crippen LogP contribution in [0.1, 0.15) is 54.5 Å². The summed E-state index contributed by atoms with van der Waals surface area (Å²) < 4.78 is 21.3. The van der Waals surface area contributed by atoms with Gasteiger partial charge in [-0.05, 0) is 86.5 Å². The van der Waals surface area contributed by atoms with Crippen LogP contribution in [-0.4, -0.2) is 27.2 Å². The van der Waals surface area contributed by atoms with Crippen molar-refractivity contribution in [2.45, 2.75) is 46.6 Å². The lowest BCUT2D eigenvalue weighted by molar-refractivity contribution is 0.174. The second kappa shape index (κ2) is 11.5. The van der Waals surface area contributed by atoms with E-state index in [-0.39, 0.29) is 18.3 Å². The van der Waals surface area contributed by atoms with Crippen molar-refractivity contribution in [2.24, 2.45) is 5.10 Å². The van der Waals surface area contributed by atoms with Crippen LogP contribution in [0.4, 0.5) is 0 Å². The van der Waals surface area contributed by atoms with Crippen LogP contribution in [0.25, 0.3) is 16.6 Å². The van der Waals surface area contributed by atoms with Crippen LogP contribution in [0.5, 0.6) is 17.2 Å². The van der Waals surface area contributed by atoms with Gasteiger partial charge in [0.1, 0.15) is 18.2 Å². The van der Waals surface area contributed by atoms with E-state index in [1.165, 1.54) is 4.68 Å². The summed E-state index contributed by atoms with van der Waals surface area (Å²) in [5, 5.41) is 5.20. The van der Waals surface area contributed by atoms with Gasteiger partial charge in [-0.25, -0.2) is 4.98 Å². The van der Waals surface area contributed by atoms with Gasteiger partial charge in [0.2, 0.25) is 6.79 Å². The Kier molecular flexibility index (Phi) is 7.60. The molecule has 3 heterocycles. The predicted octanol–water partition coefficient (Wildman–Crippen LogP) is 7.27. The standard InChI is InChI=1S/C33H31BrN4O4/c1-5-20(2)32-36-29-12-7-25(34)16-28(29)33(39)38(32)35-17-24-14-21(3)37(22(24)4)26-8-10-27(11-9-26)40-18-23-6-13-30-31(15-23)42-19-41-30/h6-17,20H,5,18-19H2,1-4H3/t20-/m1/s1. The van der Waals surface area contributed by atoms with E-state index < -0.39 is 0 Å². The van der Waals surface area contributed by atoms with E-state index in [1.807, 2.05) is 61.5 Å². The highest BCUT2D eigenvalue weighted by Crippen LogP contribution is 2.33. The van der Waals surface area contributed by atoms with Crippen molar-refractivity contribution in [3.05, 3.63) is 110 Å². The molecule has 0 fully saturated rings. The number of ether oxygens (including phenoxy) is 3. The lowest BCUT2D eigenvalue weighted by atomic mass is 10.1. The van der Waals surface area contributed by atoms with Gasteiger partial charge in [-0.1, -0.05) is 35.8 Å². The second-order valence-corrected chi connectivity index (χ2v) is 11.4. The summed E-state index contributed by atoms with van der Waals surface area (Å²) in [5.74, 6) is 3.00. The molecule has 6 rings (SSSR count). The first-order valence-corrected chi connectivity index (χ1v) is 14.7. The number of fused-ring (bicyclic) bond motifs is 2. The third-order valence-electron chi connectivity index (χ3n) is 7.61. The number of hydrogen-bond donors (Lipinski definition) is 0. The average molecular weight is 628 g/mol. The SMILES string of the molecule is CC[C@@H](C)c1nc2ccc(Br)cc2c(=O)n1N=Cc1cc(C)n(-c2ccc(OCc3ccc4c(c3)OCO4)cc2)c1C. The molecule has 0 amide bonds. The van der Waals surface area contributed by atoms with Gasteiger partial charge in [-0.2, -0.15) is 9.78 Å². The minimum atomic E-state index is -0.182. The summed E-state index contributed by atoms with van der Waals surface area (Å²) in [6, 6.07) is 21.4. The topological polar surface area (TPSA) is 79.9 Å². The smallest absolute Gasteiger partial charge is 0.282 e. The summed E-state index contributed by atoms with van der Waals surface area (Å²) in [6.45, 7) is 8.93. The maximum Gasteiger partial charge on any atom is 0.282 e. The van der Waals surface area contributed by atoms with E-state index in [9.17, 15) is 4.79 Å². The first-order chi connectivity index (χ1) is 20.3.